The topological polar surface area (TPSA) is 29.5 Å². The first-order valence-corrected chi connectivity index (χ1v) is 8.88. The predicted octanol–water partition coefficient (Wildman–Crippen LogP) is 4.84. The van der Waals surface area contributed by atoms with Crippen LogP contribution in [-0.2, 0) is 0 Å². The Morgan fingerprint density at radius 2 is 1.87 bits per heavy atom. The number of para-hydroxylation sites is 1. The molecule has 1 aromatic rings. The molecule has 1 fully saturated rings. The molecule has 2 aliphatic carbocycles. The second-order valence-electron chi connectivity index (χ2n) is 8.29. The van der Waals surface area contributed by atoms with Crippen LogP contribution < -0.4 is 4.74 Å². The maximum absolute atomic E-state index is 10.5. The molecule has 23 heavy (non-hydrogen) atoms. The normalized spacial score (nSPS) is 36.0. The van der Waals surface area contributed by atoms with Gasteiger partial charge in [-0.05, 0) is 55.1 Å². The molecule has 0 unspecified atom stereocenters. The monoisotopic (exact) mass is 314 g/mol. The van der Waals surface area contributed by atoms with E-state index in [2.05, 4.69) is 33.8 Å². The molecule has 4 atom stereocenters. The number of aliphatic hydroxyl groups is 1. The van der Waals surface area contributed by atoms with Gasteiger partial charge in [-0.2, -0.15) is 0 Å². The molecular weight excluding hydrogens is 284 g/mol. The lowest BCUT2D eigenvalue weighted by Gasteiger charge is -2.58. The van der Waals surface area contributed by atoms with Crippen molar-refractivity contribution in [3.63, 3.8) is 0 Å². The summed E-state index contributed by atoms with van der Waals surface area (Å²) in [4.78, 5) is 0. The molecule has 2 nitrogen and oxygen atoms in total. The fourth-order valence-electron chi connectivity index (χ4n) is 5.05. The lowest BCUT2D eigenvalue weighted by Crippen LogP contribution is -2.55. The summed E-state index contributed by atoms with van der Waals surface area (Å²) >= 11 is 0. The maximum Gasteiger partial charge on any atom is 0.119 e. The Hall–Kier alpha value is -1.28. The molecule has 0 heterocycles. The number of aliphatic hydroxyl groups excluding tert-OH is 1. The van der Waals surface area contributed by atoms with Crippen LogP contribution >= 0.6 is 0 Å². The van der Waals surface area contributed by atoms with E-state index in [0.717, 1.165) is 31.6 Å². The van der Waals surface area contributed by atoms with Gasteiger partial charge < -0.3 is 9.84 Å². The number of rotatable bonds is 3. The minimum absolute atomic E-state index is 0.0325. The van der Waals surface area contributed by atoms with E-state index in [1.165, 1.54) is 5.57 Å². The van der Waals surface area contributed by atoms with Crippen molar-refractivity contribution in [2.75, 3.05) is 6.61 Å². The Morgan fingerprint density at radius 3 is 2.57 bits per heavy atom. The molecule has 0 aromatic heterocycles. The highest BCUT2D eigenvalue weighted by atomic mass is 16.5. The molecule has 0 amide bonds. The first-order chi connectivity index (χ1) is 10.9. The summed E-state index contributed by atoms with van der Waals surface area (Å²) < 4.78 is 6.12. The van der Waals surface area contributed by atoms with E-state index in [9.17, 15) is 5.11 Å². The van der Waals surface area contributed by atoms with Crippen molar-refractivity contribution in [1.29, 1.82) is 0 Å². The van der Waals surface area contributed by atoms with Crippen LogP contribution in [0.25, 0.3) is 0 Å². The first kappa shape index (κ1) is 16.6. The summed E-state index contributed by atoms with van der Waals surface area (Å²) in [7, 11) is 0. The molecule has 2 heteroatoms. The molecule has 1 saturated carbocycles. The number of fused-ring (bicyclic) bond motifs is 1. The van der Waals surface area contributed by atoms with Gasteiger partial charge in [0.15, 0.2) is 0 Å². The highest BCUT2D eigenvalue weighted by molar-refractivity contribution is 5.23. The number of benzene rings is 1. The van der Waals surface area contributed by atoms with Crippen molar-refractivity contribution >= 4 is 0 Å². The maximum atomic E-state index is 10.5. The van der Waals surface area contributed by atoms with E-state index in [-0.39, 0.29) is 16.9 Å². The van der Waals surface area contributed by atoms with Crippen LogP contribution in [0.1, 0.15) is 47.0 Å². The molecule has 0 spiro atoms. The number of allylic oxidation sites excluding steroid dienone is 1. The molecule has 1 N–H and O–H groups in total. The van der Waals surface area contributed by atoms with Gasteiger partial charge in [0.2, 0.25) is 0 Å². The Bertz CT molecular complexity index is 575. The van der Waals surface area contributed by atoms with E-state index in [1.807, 2.05) is 30.3 Å². The summed E-state index contributed by atoms with van der Waals surface area (Å²) in [6.07, 6.45) is 5.24. The lowest BCUT2D eigenvalue weighted by atomic mass is 9.48. The van der Waals surface area contributed by atoms with Gasteiger partial charge in [-0.25, -0.2) is 0 Å². The van der Waals surface area contributed by atoms with Gasteiger partial charge in [0.05, 0.1) is 12.7 Å². The predicted molar refractivity (Wildman–Crippen MR) is 94.4 cm³/mol. The number of hydrogen-bond acceptors (Lipinski definition) is 2. The highest BCUT2D eigenvalue weighted by Gasteiger charge is 2.55. The van der Waals surface area contributed by atoms with Crippen LogP contribution in [0, 0.1) is 22.7 Å². The van der Waals surface area contributed by atoms with E-state index < -0.39 is 0 Å². The second-order valence-corrected chi connectivity index (χ2v) is 8.29. The SMILES string of the molecule is CC1=CC[C@H]2C(C)(C)[C@H](O)CC[C@@]2(C)[C@@H]1COc1ccccc1. The standard InChI is InChI=1S/C21H30O2/c1-15-10-11-18-20(2,3)19(22)12-13-21(18,4)17(15)14-23-16-8-6-5-7-9-16/h5-10,17-19,22H,11-14H2,1-4H3/t17-,18+,19-,21+/m1/s1. The average molecular weight is 314 g/mol. The Balaban J connectivity index is 1.84. The zero-order valence-corrected chi connectivity index (χ0v) is 14.9. The van der Waals surface area contributed by atoms with Crippen LogP contribution in [0.15, 0.2) is 42.0 Å². The first-order valence-electron chi connectivity index (χ1n) is 8.88. The molecule has 3 rings (SSSR count). The average Bonchev–Trinajstić information content (AvgIpc) is 2.52. The molecule has 1 aromatic carbocycles. The van der Waals surface area contributed by atoms with Gasteiger partial charge in [0, 0.05) is 5.92 Å². The van der Waals surface area contributed by atoms with E-state index in [4.69, 9.17) is 4.74 Å². The van der Waals surface area contributed by atoms with Gasteiger partial charge >= 0.3 is 0 Å². The van der Waals surface area contributed by atoms with Crippen LogP contribution in [0.4, 0.5) is 0 Å². The summed E-state index contributed by atoms with van der Waals surface area (Å²) in [6, 6.07) is 10.1. The van der Waals surface area contributed by atoms with Crippen LogP contribution in [0.5, 0.6) is 5.75 Å². The zero-order chi connectivity index (χ0) is 16.7. The fourth-order valence-corrected chi connectivity index (χ4v) is 5.05. The van der Waals surface area contributed by atoms with Crippen LogP contribution in [0.2, 0.25) is 0 Å². The largest absolute Gasteiger partial charge is 0.493 e. The third-order valence-corrected chi connectivity index (χ3v) is 6.69. The number of hydrogen-bond donors (Lipinski definition) is 1. The summed E-state index contributed by atoms with van der Waals surface area (Å²) in [5, 5.41) is 10.5. The molecule has 0 aliphatic heterocycles. The number of ether oxygens (including phenoxy) is 1. The summed E-state index contributed by atoms with van der Waals surface area (Å²) in [6.45, 7) is 9.87. The Kier molecular flexibility index (Phi) is 4.31. The smallest absolute Gasteiger partial charge is 0.119 e. The van der Waals surface area contributed by atoms with Gasteiger partial charge in [-0.3, -0.25) is 0 Å². The lowest BCUT2D eigenvalue weighted by molar-refractivity contribution is -0.119. The third-order valence-electron chi connectivity index (χ3n) is 6.69. The van der Waals surface area contributed by atoms with Gasteiger partial charge in [-0.15, -0.1) is 0 Å². The zero-order valence-electron chi connectivity index (χ0n) is 14.9. The van der Waals surface area contributed by atoms with Crippen molar-refractivity contribution in [3.8, 4) is 5.75 Å². The minimum atomic E-state index is -0.192. The van der Waals surface area contributed by atoms with Crippen LogP contribution in [-0.4, -0.2) is 17.8 Å². The molecule has 0 bridgehead atoms. The highest BCUT2D eigenvalue weighted by Crippen LogP contribution is 2.59. The van der Waals surface area contributed by atoms with Gasteiger partial charge in [0.1, 0.15) is 5.75 Å². The van der Waals surface area contributed by atoms with Crippen molar-refractivity contribution < 1.29 is 9.84 Å². The molecular formula is C21H30O2. The summed E-state index contributed by atoms with van der Waals surface area (Å²) in [5.74, 6) is 1.88. The Labute approximate surface area is 140 Å². The molecule has 0 radical (unpaired) electrons. The van der Waals surface area contributed by atoms with Crippen molar-refractivity contribution in [2.45, 2.75) is 53.1 Å². The van der Waals surface area contributed by atoms with Gasteiger partial charge in [-0.1, -0.05) is 50.6 Å². The van der Waals surface area contributed by atoms with Crippen molar-refractivity contribution in [1.82, 2.24) is 0 Å². The van der Waals surface area contributed by atoms with Crippen LogP contribution in [0.3, 0.4) is 0 Å². The van der Waals surface area contributed by atoms with E-state index >= 15 is 0 Å². The molecule has 0 saturated heterocycles. The quantitative estimate of drug-likeness (QED) is 0.809. The second kappa shape index (κ2) is 5.98. The van der Waals surface area contributed by atoms with Gasteiger partial charge in [0.25, 0.3) is 0 Å². The van der Waals surface area contributed by atoms with E-state index in [0.29, 0.717) is 11.8 Å². The van der Waals surface area contributed by atoms with Crippen molar-refractivity contribution in [2.24, 2.45) is 22.7 Å². The third kappa shape index (κ3) is 2.82. The van der Waals surface area contributed by atoms with E-state index in [1.54, 1.807) is 0 Å². The fraction of sp³-hybridized carbons (Fsp3) is 0.619. The Morgan fingerprint density at radius 1 is 1.17 bits per heavy atom. The molecule has 126 valence electrons. The summed E-state index contributed by atoms with van der Waals surface area (Å²) in [5.41, 5.74) is 1.62. The molecule has 2 aliphatic rings. The van der Waals surface area contributed by atoms with Crippen molar-refractivity contribution in [3.05, 3.63) is 42.0 Å². The minimum Gasteiger partial charge on any atom is -0.493 e.